The normalized spacial score (nSPS) is 12.8. The standard InChI is InChI=1S/C12H25NO3/c1-5-13-11(12(14)15-4)7-9-16-8-6-10(2)3/h10-11,13H,5-9H2,1-4H3. The maximum atomic E-state index is 11.3. The SMILES string of the molecule is CCNC(CCOCCC(C)C)C(=O)OC. The topological polar surface area (TPSA) is 47.6 Å². The fourth-order valence-electron chi connectivity index (χ4n) is 1.31. The minimum atomic E-state index is -0.242. The summed E-state index contributed by atoms with van der Waals surface area (Å²) in [4.78, 5) is 11.3. The minimum Gasteiger partial charge on any atom is -0.468 e. The van der Waals surface area contributed by atoms with Crippen molar-refractivity contribution >= 4 is 5.97 Å². The number of methoxy groups -OCH3 is 1. The number of likely N-dealkylation sites (N-methyl/N-ethyl adjacent to an activating group) is 1. The Morgan fingerprint density at radius 1 is 1.25 bits per heavy atom. The highest BCUT2D eigenvalue weighted by Crippen LogP contribution is 2.01. The number of nitrogens with one attached hydrogen (secondary N) is 1. The van der Waals surface area contributed by atoms with E-state index >= 15 is 0 Å². The highest BCUT2D eigenvalue weighted by atomic mass is 16.5. The van der Waals surface area contributed by atoms with Crippen molar-refractivity contribution in [3.8, 4) is 0 Å². The molecule has 0 bridgehead atoms. The fraction of sp³-hybridized carbons (Fsp3) is 0.917. The van der Waals surface area contributed by atoms with Crippen LogP contribution in [0, 0.1) is 5.92 Å². The molecule has 0 aromatic carbocycles. The second-order valence-corrected chi connectivity index (χ2v) is 4.22. The third-order valence-corrected chi connectivity index (χ3v) is 2.33. The lowest BCUT2D eigenvalue weighted by molar-refractivity contribution is -0.143. The quantitative estimate of drug-likeness (QED) is 0.483. The number of hydrogen-bond donors (Lipinski definition) is 1. The van der Waals surface area contributed by atoms with Gasteiger partial charge >= 0.3 is 5.97 Å². The number of carbonyl (C=O) groups is 1. The zero-order valence-corrected chi connectivity index (χ0v) is 10.9. The molecule has 1 atom stereocenters. The van der Waals surface area contributed by atoms with Gasteiger partial charge in [0.05, 0.1) is 7.11 Å². The van der Waals surface area contributed by atoms with Gasteiger partial charge in [0.15, 0.2) is 0 Å². The van der Waals surface area contributed by atoms with Crippen LogP contribution in [0.3, 0.4) is 0 Å². The Morgan fingerprint density at radius 3 is 2.38 bits per heavy atom. The molecule has 0 amide bonds. The summed E-state index contributed by atoms with van der Waals surface area (Å²) in [6.45, 7) is 8.41. The summed E-state index contributed by atoms with van der Waals surface area (Å²) in [5.74, 6) is 0.444. The third kappa shape index (κ3) is 7.65. The molecule has 0 fully saturated rings. The molecule has 0 heterocycles. The molecule has 0 saturated heterocycles. The zero-order chi connectivity index (χ0) is 12.4. The highest BCUT2D eigenvalue weighted by Gasteiger charge is 2.16. The molecule has 1 N–H and O–H groups in total. The molecule has 0 aliphatic rings. The van der Waals surface area contributed by atoms with E-state index in [-0.39, 0.29) is 12.0 Å². The van der Waals surface area contributed by atoms with Gasteiger partial charge in [-0.1, -0.05) is 20.8 Å². The molecule has 96 valence electrons. The van der Waals surface area contributed by atoms with Crippen LogP contribution in [0.4, 0.5) is 0 Å². The molecule has 0 aliphatic heterocycles. The van der Waals surface area contributed by atoms with Crippen LogP contribution in [0.1, 0.15) is 33.6 Å². The molecule has 16 heavy (non-hydrogen) atoms. The molecule has 0 saturated carbocycles. The van der Waals surface area contributed by atoms with Gasteiger partial charge in [-0.25, -0.2) is 0 Å². The predicted octanol–water partition coefficient (Wildman–Crippen LogP) is 1.59. The highest BCUT2D eigenvalue weighted by molar-refractivity contribution is 5.75. The Hall–Kier alpha value is -0.610. The molecule has 0 rings (SSSR count). The van der Waals surface area contributed by atoms with Crippen LogP contribution in [-0.2, 0) is 14.3 Å². The molecular weight excluding hydrogens is 206 g/mol. The van der Waals surface area contributed by atoms with Crippen LogP contribution in [0.15, 0.2) is 0 Å². The monoisotopic (exact) mass is 231 g/mol. The van der Waals surface area contributed by atoms with Crippen molar-refractivity contribution in [3.05, 3.63) is 0 Å². The second kappa shape index (κ2) is 9.60. The fourth-order valence-corrected chi connectivity index (χ4v) is 1.31. The first-order chi connectivity index (χ1) is 7.61. The lowest BCUT2D eigenvalue weighted by Gasteiger charge is -2.15. The predicted molar refractivity (Wildman–Crippen MR) is 64.4 cm³/mol. The molecule has 0 spiro atoms. The molecule has 1 unspecified atom stereocenters. The van der Waals surface area contributed by atoms with Gasteiger partial charge in [0.1, 0.15) is 6.04 Å². The lowest BCUT2D eigenvalue weighted by atomic mass is 10.1. The van der Waals surface area contributed by atoms with Crippen molar-refractivity contribution in [2.75, 3.05) is 26.9 Å². The smallest absolute Gasteiger partial charge is 0.322 e. The second-order valence-electron chi connectivity index (χ2n) is 4.22. The van der Waals surface area contributed by atoms with E-state index in [0.717, 1.165) is 19.6 Å². The Bertz CT molecular complexity index is 183. The van der Waals surface area contributed by atoms with Gasteiger partial charge in [-0.05, 0) is 25.3 Å². The van der Waals surface area contributed by atoms with E-state index in [1.807, 2.05) is 6.92 Å². The van der Waals surface area contributed by atoms with Crippen molar-refractivity contribution in [2.45, 2.75) is 39.7 Å². The maximum Gasteiger partial charge on any atom is 0.322 e. The van der Waals surface area contributed by atoms with Crippen LogP contribution in [-0.4, -0.2) is 38.9 Å². The van der Waals surface area contributed by atoms with Gasteiger partial charge in [0.2, 0.25) is 0 Å². The lowest BCUT2D eigenvalue weighted by Crippen LogP contribution is -2.38. The molecule has 4 heteroatoms. The Kier molecular flexibility index (Phi) is 9.24. The summed E-state index contributed by atoms with van der Waals surface area (Å²) in [7, 11) is 1.41. The van der Waals surface area contributed by atoms with Gasteiger partial charge in [0.25, 0.3) is 0 Å². The van der Waals surface area contributed by atoms with E-state index in [4.69, 9.17) is 9.47 Å². The van der Waals surface area contributed by atoms with Crippen molar-refractivity contribution in [1.29, 1.82) is 0 Å². The van der Waals surface area contributed by atoms with Crippen LogP contribution in [0.25, 0.3) is 0 Å². The Morgan fingerprint density at radius 2 is 1.88 bits per heavy atom. The van der Waals surface area contributed by atoms with E-state index in [9.17, 15) is 4.79 Å². The third-order valence-electron chi connectivity index (χ3n) is 2.33. The Labute approximate surface area is 98.7 Å². The van der Waals surface area contributed by atoms with Gasteiger partial charge < -0.3 is 14.8 Å². The summed E-state index contributed by atoms with van der Waals surface area (Å²) in [6.07, 6.45) is 1.72. The van der Waals surface area contributed by atoms with E-state index in [2.05, 4.69) is 19.2 Å². The van der Waals surface area contributed by atoms with Crippen LogP contribution >= 0.6 is 0 Å². The van der Waals surface area contributed by atoms with Crippen molar-refractivity contribution in [2.24, 2.45) is 5.92 Å². The van der Waals surface area contributed by atoms with Gasteiger partial charge in [-0.2, -0.15) is 0 Å². The molecule has 0 aromatic heterocycles. The largest absolute Gasteiger partial charge is 0.468 e. The average Bonchev–Trinajstić information content (AvgIpc) is 2.25. The van der Waals surface area contributed by atoms with Crippen LogP contribution in [0.5, 0.6) is 0 Å². The van der Waals surface area contributed by atoms with Crippen molar-refractivity contribution in [1.82, 2.24) is 5.32 Å². The Balaban J connectivity index is 3.64. The number of ether oxygens (including phenoxy) is 2. The minimum absolute atomic E-state index is 0.214. The zero-order valence-electron chi connectivity index (χ0n) is 10.9. The summed E-state index contributed by atoms with van der Waals surface area (Å²) < 4.78 is 10.2. The van der Waals surface area contributed by atoms with E-state index in [1.165, 1.54) is 7.11 Å². The molecule has 0 aromatic rings. The van der Waals surface area contributed by atoms with Crippen LogP contribution in [0.2, 0.25) is 0 Å². The first-order valence-corrected chi connectivity index (χ1v) is 6.00. The molecule has 0 radical (unpaired) electrons. The van der Waals surface area contributed by atoms with Gasteiger partial charge in [-0.3, -0.25) is 4.79 Å². The van der Waals surface area contributed by atoms with E-state index in [0.29, 0.717) is 18.9 Å². The molecule has 4 nitrogen and oxygen atoms in total. The maximum absolute atomic E-state index is 11.3. The molecular formula is C12H25NO3. The molecule has 0 aliphatic carbocycles. The summed E-state index contributed by atoms with van der Waals surface area (Å²) in [6, 6.07) is -0.242. The number of hydrogen-bond acceptors (Lipinski definition) is 4. The number of rotatable bonds is 9. The van der Waals surface area contributed by atoms with Crippen molar-refractivity contribution in [3.63, 3.8) is 0 Å². The summed E-state index contributed by atoms with van der Waals surface area (Å²) in [5.41, 5.74) is 0. The first kappa shape index (κ1) is 15.4. The van der Waals surface area contributed by atoms with Crippen LogP contribution < -0.4 is 5.32 Å². The summed E-state index contributed by atoms with van der Waals surface area (Å²) >= 11 is 0. The van der Waals surface area contributed by atoms with Gasteiger partial charge in [0, 0.05) is 13.2 Å². The van der Waals surface area contributed by atoms with Crippen molar-refractivity contribution < 1.29 is 14.3 Å². The first-order valence-electron chi connectivity index (χ1n) is 6.00. The number of carbonyl (C=O) groups excluding carboxylic acids is 1. The van der Waals surface area contributed by atoms with E-state index in [1.54, 1.807) is 0 Å². The summed E-state index contributed by atoms with van der Waals surface area (Å²) in [5, 5.41) is 3.08. The van der Waals surface area contributed by atoms with E-state index < -0.39 is 0 Å². The average molecular weight is 231 g/mol. The number of esters is 1. The van der Waals surface area contributed by atoms with Gasteiger partial charge in [-0.15, -0.1) is 0 Å².